The fourth-order valence-electron chi connectivity index (χ4n) is 3.67. The molecule has 0 saturated carbocycles. The van der Waals surface area contributed by atoms with Crippen LogP contribution in [0.2, 0.25) is 0 Å². The molecule has 0 spiro atoms. The van der Waals surface area contributed by atoms with Crippen molar-refractivity contribution in [3.05, 3.63) is 52.1 Å². The molecule has 140 valence electrons. The van der Waals surface area contributed by atoms with Crippen molar-refractivity contribution < 1.29 is 4.92 Å². The molecular formula is C22H23NO2S2. The van der Waals surface area contributed by atoms with Crippen molar-refractivity contribution in [2.24, 2.45) is 0 Å². The molecule has 0 atom stereocenters. The van der Waals surface area contributed by atoms with Crippen LogP contribution in [0.25, 0.3) is 29.6 Å². The highest BCUT2D eigenvalue weighted by Crippen LogP contribution is 2.45. The third-order valence-corrected chi connectivity index (χ3v) is 7.68. The van der Waals surface area contributed by atoms with Crippen LogP contribution in [0.4, 0.5) is 5.69 Å². The van der Waals surface area contributed by atoms with Crippen LogP contribution in [-0.2, 0) is 6.42 Å². The van der Waals surface area contributed by atoms with E-state index in [4.69, 9.17) is 0 Å². The Labute approximate surface area is 166 Å². The van der Waals surface area contributed by atoms with Gasteiger partial charge in [0.05, 0.1) is 14.3 Å². The number of hydrogen-bond acceptors (Lipinski definition) is 4. The second-order valence-electron chi connectivity index (χ2n) is 7.15. The number of aryl methyl sites for hydroxylation is 1. The van der Waals surface area contributed by atoms with Gasteiger partial charge in [0.2, 0.25) is 0 Å². The van der Waals surface area contributed by atoms with E-state index in [1.54, 1.807) is 34.8 Å². The number of rotatable bonds is 8. The van der Waals surface area contributed by atoms with Crippen molar-refractivity contribution in [2.75, 3.05) is 0 Å². The zero-order valence-corrected chi connectivity index (χ0v) is 17.1. The highest BCUT2D eigenvalue weighted by molar-refractivity contribution is 7.36. The minimum Gasteiger partial charge on any atom is -0.258 e. The Bertz CT molecular complexity index is 1110. The third-order valence-electron chi connectivity index (χ3n) is 5.16. The van der Waals surface area contributed by atoms with Crippen LogP contribution in [0, 0.1) is 10.1 Å². The minimum atomic E-state index is -0.311. The van der Waals surface area contributed by atoms with Crippen molar-refractivity contribution in [3.63, 3.8) is 0 Å². The lowest BCUT2D eigenvalue weighted by molar-refractivity contribution is -0.384. The normalized spacial score (nSPS) is 11.7. The maximum atomic E-state index is 11.1. The second kappa shape index (κ2) is 7.95. The molecule has 0 aliphatic carbocycles. The molecule has 0 amide bonds. The first kappa shape index (κ1) is 18.4. The third kappa shape index (κ3) is 3.71. The van der Waals surface area contributed by atoms with Gasteiger partial charge in [-0.3, -0.25) is 10.1 Å². The highest BCUT2D eigenvalue weighted by atomic mass is 32.1. The maximum absolute atomic E-state index is 11.1. The highest BCUT2D eigenvalue weighted by Gasteiger charge is 2.15. The summed E-state index contributed by atoms with van der Waals surface area (Å²) in [6.45, 7) is 2.25. The molecule has 2 heterocycles. The van der Waals surface area contributed by atoms with Gasteiger partial charge in [0.1, 0.15) is 0 Å². The van der Waals surface area contributed by atoms with Crippen LogP contribution in [0.5, 0.6) is 0 Å². The summed E-state index contributed by atoms with van der Waals surface area (Å²) in [5, 5.41) is 13.4. The van der Waals surface area contributed by atoms with Gasteiger partial charge in [0, 0.05) is 32.3 Å². The van der Waals surface area contributed by atoms with Crippen molar-refractivity contribution in [3.8, 4) is 0 Å². The Hall–Kier alpha value is -1.98. The number of benzene rings is 2. The molecule has 0 saturated heterocycles. The average Bonchev–Trinajstić information content (AvgIpc) is 3.19. The number of fused-ring (bicyclic) bond motifs is 5. The number of hydrogen-bond donors (Lipinski definition) is 0. The lowest BCUT2D eigenvalue weighted by atomic mass is 10.0. The Kier molecular flexibility index (Phi) is 5.41. The van der Waals surface area contributed by atoms with E-state index in [9.17, 15) is 10.1 Å². The molecule has 2 aromatic carbocycles. The largest absolute Gasteiger partial charge is 0.270 e. The van der Waals surface area contributed by atoms with Gasteiger partial charge in [-0.15, -0.1) is 22.7 Å². The van der Waals surface area contributed by atoms with Gasteiger partial charge in [-0.05, 0) is 30.5 Å². The number of nitro groups is 1. The number of nitro benzene ring substituents is 1. The van der Waals surface area contributed by atoms with Crippen LogP contribution < -0.4 is 0 Å². The average molecular weight is 398 g/mol. The first-order valence-electron chi connectivity index (χ1n) is 9.69. The molecule has 0 aliphatic heterocycles. The molecule has 27 heavy (non-hydrogen) atoms. The Balaban J connectivity index is 1.59. The Morgan fingerprint density at radius 1 is 0.852 bits per heavy atom. The summed E-state index contributed by atoms with van der Waals surface area (Å²) in [5.41, 5.74) is 1.57. The number of thiophene rings is 2. The SMILES string of the molecule is CCCCCCCCc1ccc2c(c1)sc1c3cc([N+](=O)[O-])ccc3sc21. The molecule has 0 unspecified atom stereocenters. The summed E-state index contributed by atoms with van der Waals surface area (Å²) in [6.07, 6.45) is 9.05. The van der Waals surface area contributed by atoms with Gasteiger partial charge in [-0.25, -0.2) is 0 Å². The van der Waals surface area contributed by atoms with Crippen molar-refractivity contribution >= 4 is 57.9 Å². The molecule has 4 aromatic rings. The Morgan fingerprint density at radius 2 is 1.59 bits per heavy atom. The van der Waals surface area contributed by atoms with Crippen LogP contribution >= 0.6 is 22.7 Å². The summed E-state index contributed by atoms with van der Waals surface area (Å²) in [4.78, 5) is 10.8. The number of nitrogens with zero attached hydrogens (tertiary/aromatic N) is 1. The van der Waals surface area contributed by atoms with E-state index in [1.807, 2.05) is 6.07 Å². The zero-order valence-electron chi connectivity index (χ0n) is 15.5. The molecule has 0 N–H and O–H groups in total. The van der Waals surface area contributed by atoms with E-state index in [0.29, 0.717) is 0 Å². The fourth-order valence-corrected chi connectivity index (χ4v) is 6.36. The van der Waals surface area contributed by atoms with Crippen molar-refractivity contribution in [1.29, 1.82) is 0 Å². The molecular weight excluding hydrogens is 374 g/mol. The van der Waals surface area contributed by atoms with Gasteiger partial charge in [0.15, 0.2) is 0 Å². The van der Waals surface area contributed by atoms with Crippen LogP contribution in [0.15, 0.2) is 36.4 Å². The lowest BCUT2D eigenvalue weighted by Gasteiger charge is -2.02. The van der Waals surface area contributed by atoms with E-state index >= 15 is 0 Å². The molecule has 5 heteroatoms. The first-order chi connectivity index (χ1) is 13.2. The second-order valence-corrected chi connectivity index (χ2v) is 9.25. The number of non-ortho nitro benzene ring substituents is 1. The summed E-state index contributed by atoms with van der Waals surface area (Å²) < 4.78 is 4.87. The van der Waals surface area contributed by atoms with E-state index in [0.717, 1.165) is 16.5 Å². The molecule has 0 bridgehead atoms. The molecule has 4 rings (SSSR count). The standard InChI is InChI=1S/C22H23NO2S2/c1-2-3-4-5-6-7-8-15-9-11-17-20(13-15)27-22-18-14-16(23(24)25)10-12-19(18)26-21(17)22/h9-14H,2-8H2,1H3. The summed E-state index contributed by atoms with van der Waals surface area (Å²) in [5.74, 6) is 0. The van der Waals surface area contributed by atoms with Gasteiger partial charge in [0.25, 0.3) is 5.69 Å². The van der Waals surface area contributed by atoms with E-state index in [2.05, 4.69) is 25.1 Å². The fraction of sp³-hybridized carbons (Fsp3) is 0.364. The summed E-state index contributed by atoms with van der Waals surface area (Å²) in [6, 6.07) is 12.0. The van der Waals surface area contributed by atoms with E-state index in [-0.39, 0.29) is 10.6 Å². The predicted octanol–water partition coefficient (Wildman–Crippen LogP) is 8.08. The van der Waals surface area contributed by atoms with Crippen molar-refractivity contribution in [2.45, 2.75) is 51.9 Å². The molecule has 2 aromatic heterocycles. The van der Waals surface area contributed by atoms with Crippen molar-refractivity contribution in [1.82, 2.24) is 0 Å². The molecule has 0 radical (unpaired) electrons. The van der Waals surface area contributed by atoms with E-state index in [1.165, 1.54) is 63.6 Å². The molecule has 3 nitrogen and oxygen atoms in total. The number of unbranched alkanes of at least 4 members (excludes halogenated alkanes) is 5. The van der Waals surface area contributed by atoms with Crippen LogP contribution in [0.3, 0.4) is 0 Å². The smallest absolute Gasteiger partial charge is 0.258 e. The van der Waals surface area contributed by atoms with Gasteiger partial charge >= 0.3 is 0 Å². The van der Waals surface area contributed by atoms with Gasteiger partial charge < -0.3 is 0 Å². The monoisotopic (exact) mass is 397 g/mol. The summed E-state index contributed by atoms with van der Waals surface area (Å²) >= 11 is 3.51. The molecule has 0 aliphatic rings. The summed E-state index contributed by atoms with van der Waals surface area (Å²) in [7, 11) is 0. The minimum absolute atomic E-state index is 0.170. The van der Waals surface area contributed by atoms with Gasteiger partial charge in [-0.1, -0.05) is 51.2 Å². The first-order valence-corrected chi connectivity index (χ1v) is 11.3. The zero-order chi connectivity index (χ0) is 18.8. The topological polar surface area (TPSA) is 43.1 Å². The van der Waals surface area contributed by atoms with Gasteiger partial charge in [-0.2, -0.15) is 0 Å². The predicted molar refractivity (Wildman–Crippen MR) is 118 cm³/mol. The lowest BCUT2D eigenvalue weighted by Crippen LogP contribution is -1.86. The molecule has 0 fully saturated rings. The van der Waals surface area contributed by atoms with E-state index < -0.39 is 0 Å². The maximum Gasteiger partial charge on any atom is 0.270 e. The van der Waals surface area contributed by atoms with Crippen LogP contribution in [-0.4, -0.2) is 4.92 Å². The Morgan fingerprint density at radius 3 is 2.41 bits per heavy atom. The van der Waals surface area contributed by atoms with Crippen LogP contribution in [0.1, 0.15) is 51.0 Å². The quantitative estimate of drug-likeness (QED) is 0.171.